The van der Waals surface area contributed by atoms with E-state index in [1.54, 1.807) is 13.3 Å². The van der Waals surface area contributed by atoms with Crippen LogP contribution in [-0.4, -0.2) is 78.1 Å². The molecule has 0 amide bonds. The van der Waals surface area contributed by atoms with E-state index < -0.39 is 0 Å². The number of anilines is 4. The maximum absolute atomic E-state index is 9.79. The summed E-state index contributed by atoms with van der Waals surface area (Å²) >= 11 is 1.93. The Balaban J connectivity index is 1.38. The van der Waals surface area contributed by atoms with Gasteiger partial charge in [-0.15, -0.1) is 0 Å². The number of ether oxygens (including phenoxy) is 1. The van der Waals surface area contributed by atoms with Gasteiger partial charge >= 0.3 is 0 Å². The quantitative estimate of drug-likeness (QED) is 0.421. The molecule has 2 aromatic heterocycles. The van der Waals surface area contributed by atoms with Gasteiger partial charge in [-0.1, -0.05) is 19.9 Å². The highest BCUT2D eigenvalue weighted by molar-refractivity contribution is 7.98. The number of nitrogens with one attached hydrogen (secondary N) is 1. The van der Waals surface area contributed by atoms with Crippen LogP contribution in [0.1, 0.15) is 31.7 Å². The van der Waals surface area contributed by atoms with E-state index in [1.807, 2.05) is 24.0 Å². The number of thioether (sulfide) groups is 1. The normalized spacial score (nSPS) is 20.5. The van der Waals surface area contributed by atoms with Crippen LogP contribution in [0.25, 0.3) is 10.8 Å². The van der Waals surface area contributed by atoms with Gasteiger partial charge in [-0.2, -0.15) is 16.7 Å². The third-order valence-electron chi connectivity index (χ3n) is 7.62. The number of piperidine rings is 1. The zero-order valence-corrected chi connectivity index (χ0v) is 23.0. The van der Waals surface area contributed by atoms with Crippen LogP contribution < -0.4 is 15.1 Å². The first kappa shape index (κ1) is 26.0. The Hall–Kier alpha value is -2.62. The summed E-state index contributed by atoms with van der Waals surface area (Å²) in [5.74, 6) is 4.57. The first-order valence-electron chi connectivity index (χ1n) is 13.2. The van der Waals surface area contributed by atoms with Gasteiger partial charge in [0.25, 0.3) is 0 Å². The molecule has 2 aliphatic rings. The van der Waals surface area contributed by atoms with Crippen LogP contribution >= 0.6 is 11.8 Å². The maximum atomic E-state index is 9.79. The summed E-state index contributed by atoms with van der Waals surface area (Å²) < 4.78 is 5.54. The summed E-state index contributed by atoms with van der Waals surface area (Å²) in [7, 11) is 1.71. The molecular formula is C28H38N6O2S. The van der Waals surface area contributed by atoms with Crippen molar-refractivity contribution in [3.8, 4) is 0 Å². The molecule has 2 N–H and O–H groups in total. The van der Waals surface area contributed by atoms with Crippen molar-refractivity contribution in [3.05, 3.63) is 42.2 Å². The van der Waals surface area contributed by atoms with Crippen LogP contribution in [0.3, 0.4) is 0 Å². The molecule has 198 valence electrons. The monoisotopic (exact) mass is 522 g/mol. The minimum atomic E-state index is 0.0483. The Morgan fingerprint density at radius 2 is 1.95 bits per heavy atom. The number of hydrogen-bond acceptors (Lipinski definition) is 9. The summed E-state index contributed by atoms with van der Waals surface area (Å²) in [4.78, 5) is 18.7. The van der Waals surface area contributed by atoms with E-state index in [0.29, 0.717) is 24.2 Å². The Labute approximate surface area is 223 Å². The largest absolute Gasteiger partial charge is 0.396 e. The number of aromatic nitrogens is 3. The van der Waals surface area contributed by atoms with Crippen LogP contribution in [0.15, 0.2) is 36.7 Å². The predicted octanol–water partition coefficient (Wildman–Crippen LogP) is 4.52. The predicted molar refractivity (Wildman–Crippen MR) is 153 cm³/mol. The SMILES string of the molecule is COC1CCN(c2nccc(Nc3cc4c(C(C)C)ccc(N5CC(CSC)C5)c4cn3)n2)CC1CO. The highest BCUT2D eigenvalue weighted by Gasteiger charge is 2.30. The number of benzene rings is 1. The highest BCUT2D eigenvalue weighted by atomic mass is 32.2. The van der Waals surface area contributed by atoms with Crippen LogP contribution in [0.4, 0.5) is 23.3 Å². The number of pyridine rings is 1. The van der Waals surface area contributed by atoms with Crippen LogP contribution in [0.5, 0.6) is 0 Å². The maximum Gasteiger partial charge on any atom is 0.227 e. The Kier molecular flexibility index (Phi) is 8.02. The number of fused-ring (bicyclic) bond motifs is 1. The van der Waals surface area contributed by atoms with Gasteiger partial charge in [0.1, 0.15) is 11.6 Å². The minimum absolute atomic E-state index is 0.0483. The molecule has 37 heavy (non-hydrogen) atoms. The second-order valence-corrected chi connectivity index (χ2v) is 11.4. The first-order chi connectivity index (χ1) is 18.0. The van der Waals surface area contributed by atoms with E-state index in [0.717, 1.165) is 37.8 Å². The smallest absolute Gasteiger partial charge is 0.227 e. The number of methoxy groups -OCH3 is 1. The van der Waals surface area contributed by atoms with E-state index in [4.69, 9.17) is 14.7 Å². The molecule has 8 nitrogen and oxygen atoms in total. The van der Waals surface area contributed by atoms with E-state index in [2.05, 4.69) is 58.4 Å². The molecule has 2 unspecified atom stereocenters. The van der Waals surface area contributed by atoms with Crippen molar-refractivity contribution in [1.82, 2.24) is 15.0 Å². The van der Waals surface area contributed by atoms with Crippen molar-refractivity contribution in [2.45, 2.75) is 32.3 Å². The summed E-state index contributed by atoms with van der Waals surface area (Å²) in [5, 5.41) is 15.6. The lowest BCUT2D eigenvalue weighted by atomic mass is 9.93. The van der Waals surface area contributed by atoms with Crippen molar-refractivity contribution in [2.75, 3.05) is 67.0 Å². The molecule has 9 heteroatoms. The highest BCUT2D eigenvalue weighted by Crippen LogP contribution is 2.37. The second-order valence-electron chi connectivity index (χ2n) is 10.5. The molecule has 0 spiro atoms. The molecular weight excluding hydrogens is 484 g/mol. The zero-order valence-electron chi connectivity index (χ0n) is 22.2. The van der Waals surface area contributed by atoms with Gasteiger partial charge in [0.15, 0.2) is 0 Å². The fourth-order valence-corrected chi connectivity index (χ4v) is 6.26. The third kappa shape index (κ3) is 5.49. The van der Waals surface area contributed by atoms with Crippen LogP contribution in [0.2, 0.25) is 0 Å². The average Bonchev–Trinajstić information content (AvgIpc) is 2.89. The molecule has 2 aliphatic heterocycles. The van der Waals surface area contributed by atoms with Gasteiger partial charge in [0.2, 0.25) is 5.95 Å². The van der Waals surface area contributed by atoms with E-state index in [1.165, 1.54) is 27.8 Å². The van der Waals surface area contributed by atoms with Crippen LogP contribution in [-0.2, 0) is 4.74 Å². The molecule has 2 fully saturated rings. The van der Waals surface area contributed by atoms with Crippen molar-refractivity contribution >= 4 is 45.8 Å². The van der Waals surface area contributed by atoms with Crippen LogP contribution in [0, 0.1) is 11.8 Å². The Morgan fingerprint density at radius 1 is 1.11 bits per heavy atom. The number of aliphatic hydroxyl groups excluding tert-OH is 1. The fraction of sp³-hybridized carbons (Fsp3) is 0.536. The van der Waals surface area contributed by atoms with Gasteiger partial charge in [-0.05, 0) is 53.5 Å². The number of aliphatic hydroxyl groups is 1. The van der Waals surface area contributed by atoms with Gasteiger partial charge in [-0.3, -0.25) is 0 Å². The van der Waals surface area contributed by atoms with Crippen molar-refractivity contribution in [2.24, 2.45) is 11.8 Å². The Bertz CT molecular complexity index is 1220. The molecule has 0 saturated carbocycles. The Morgan fingerprint density at radius 3 is 2.68 bits per heavy atom. The lowest BCUT2D eigenvalue weighted by Gasteiger charge is -2.41. The second kappa shape index (κ2) is 11.4. The molecule has 0 aliphatic carbocycles. The topological polar surface area (TPSA) is 86.6 Å². The van der Waals surface area contributed by atoms with Crippen molar-refractivity contribution in [1.29, 1.82) is 0 Å². The van der Waals surface area contributed by atoms with Gasteiger partial charge < -0.3 is 25.0 Å². The summed E-state index contributed by atoms with van der Waals surface area (Å²) in [6, 6.07) is 8.57. The molecule has 2 saturated heterocycles. The molecule has 4 heterocycles. The molecule has 2 atom stereocenters. The van der Waals surface area contributed by atoms with E-state index in [9.17, 15) is 5.11 Å². The van der Waals surface area contributed by atoms with E-state index in [-0.39, 0.29) is 18.6 Å². The summed E-state index contributed by atoms with van der Waals surface area (Å²) in [5.41, 5.74) is 2.60. The number of rotatable bonds is 9. The standard InChI is InChI=1S/C28H38N6O2S/c1-18(2)21-5-6-24(34-13-19(14-34)17-37-4)23-12-30-27(11-22(21)23)31-26-7-9-29-28(32-26)33-10-8-25(36-3)20(15-33)16-35/h5-7,9,11-12,18-20,25,35H,8,10,13-17H2,1-4H3,(H,29,30,31,32). The fourth-order valence-electron chi connectivity index (χ4n) is 5.58. The molecule has 5 rings (SSSR count). The number of hydrogen-bond donors (Lipinski definition) is 2. The van der Waals surface area contributed by atoms with Gasteiger partial charge in [-0.25, -0.2) is 9.97 Å². The van der Waals surface area contributed by atoms with Crippen molar-refractivity contribution < 1.29 is 9.84 Å². The number of nitrogens with zero attached hydrogens (tertiary/aromatic N) is 5. The average molecular weight is 523 g/mol. The summed E-state index contributed by atoms with van der Waals surface area (Å²) in [6.45, 7) is 8.25. The molecule has 0 radical (unpaired) electrons. The minimum Gasteiger partial charge on any atom is -0.396 e. The first-order valence-corrected chi connectivity index (χ1v) is 14.5. The molecule has 0 bridgehead atoms. The molecule has 3 aromatic rings. The lowest BCUT2D eigenvalue weighted by molar-refractivity contribution is 0.0137. The molecule has 1 aromatic carbocycles. The van der Waals surface area contributed by atoms with Crippen molar-refractivity contribution in [3.63, 3.8) is 0 Å². The summed E-state index contributed by atoms with van der Waals surface area (Å²) in [6.07, 6.45) is 6.87. The third-order valence-corrected chi connectivity index (χ3v) is 8.42. The zero-order chi connectivity index (χ0) is 25.9. The van der Waals surface area contributed by atoms with E-state index >= 15 is 0 Å². The van der Waals surface area contributed by atoms with Gasteiger partial charge in [0, 0.05) is 68.6 Å². The lowest BCUT2D eigenvalue weighted by Crippen LogP contribution is -2.48. The van der Waals surface area contributed by atoms with Gasteiger partial charge in [0.05, 0.1) is 12.7 Å².